The van der Waals surface area contributed by atoms with Crippen molar-refractivity contribution in [2.75, 3.05) is 32.8 Å². The summed E-state index contributed by atoms with van der Waals surface area (Å²) in [6, 6.07) is 0. The second-order valence-corrected chi connectivity index (χ2v) is 5.50. The normalized spacial score (nSPS) is 24.9. The number of nitrogens with one attached hydrogen (secondary N) is 2. The van der Waals surface area contributed by atoms with Gasteiger partial charge in [0.05, 0.1) is 12.7 Å². The largest absolute Gasteiger partial charge is 0.376 e. The fourth-order valence-corrected chi connectivity index (χ4v) is 2.44. The zero-order chi connectivity index (χ0) is 14.2. The van der Waals surface area contributed by atoms with Gasteiger partial charge in [-0.1, -0.05) is 11.6 Å². The van der Waals surface area contributed by atoms with Crippen molar-refractivity contribution in [1.29, 1.82) is 0 Å². The zero-order valence-electron chi connectivity index (χ0n) is 12.3. The molecule has 0 aromatic rings. The van der Waals surface area contributed by atoms with E-state index in [1.165, 1.54) is 12.0 Å². The summed E-state index contributed by atoms with van der Waals surface area (Å²) in [5, 5.41) is 6.19. The Bertz CT molecular complexity index is 338. The summed E-state index contributed by atoms with van der Waals surface area (Å²) < 4.78 is 11.2. The van der Waals surface area contributed by atoms with Gasteiger partial charge in [-0.05, 0) is 39.2 Å². The van der Waals surface area contributed by atoms with Crippen LogP contribution in [0.4, 0.5) is 0 Å². The summed E-state index contributed by atoms with van der Waals surface area (Å²) >= 11 is 0. The molecule has 1 fully saturated rings. The van der Waals surface area contributed by atoms with Crippen LogP contribution in [0, 0.1) is 0 Å². The molecule has 2 N–H and O–H groups in total. The van der Waals surface area contributed by atoms with Gasteiger partial charge in [0, 0.05) is 19.7 Å². The molecular weight excluding hydrogens is 256 g/mol. The molecule has 5 heteroatoms. The maximum absolute atomic E-state index is 11.9. The minimum absolute atomic E-state index is 0.0414. The van der Waals surface area contributed by atoms with Crippen molar-refractivity contribution in [2.45, 2.75) is 44.8 Å². The molecule has 0 spiro atoms. The van der Waals surface area contributed by atoms with Gasteiger partial charge < -0.3 is 20.1 Å². The van der Waals surface area contributed by atoms with E-state index in [1.54, 1.807) is 6.92 Å². The van der Waals surface area contributed by atoms with E-state index in [4.69, 9.17) is 9.47 Å². The lowest BCUT2D eigenvalue weighted by atomic mass is 10.1. The second kappa shape index (κ2) is 8.39. The second-order valence-electron chi connectivity index (χ2n) is 5.50. The Morgan fingerprint density at radius 1 is 1.60 bits per heavy atom. The lowest BCUT2D eigenvalue weighted by Crippen LogP contribution is -2.38. The van der Waals surface area contributed by atoms with Gasteiger partial charge in [-0.3, -0.25) is 4.79 Å². The highest BCUT2D eigenvalue weighted by Crippen LogP contribution is 2.13. The third kappa shape index (κ3) is 5.23. The van der Waals surface area contributed by atoms with Crippen LogP contribution in [0.1, 0.15) is 32.6 Å². The van der Waals surface area contributed by atoms with Gasteiger partial charge in [-0.15, -0.1) is 0 Å². The molecule has 0 aliphatic carbocycles. The summed E-state index contributed by atoms with van der Waals surface area (Å²) in [7, 11) is 0. The quantitative estimate of drug-likeness (QED) is 0.714. The Morgan fingerprint density at radius 2 is 2.50 bits per heavy atom. The SMILES string of the molecule is CC(OCC1CCCCO1)C(=O)NCC1=CCNCC1. The van der Waals surface area contributed by atoms with Crippen LogP contribution in [0.2, 0.25) is 0 Å². The predicted octanol–water partition coefficient (Wildman–Crippen LogP) is 0.997. The van der Waals surface area contributed by atoms with E-state index in [9.17, 15) is 4.79 Å². The first-order chi connectivity index (χ1) is 9.75. The summed E-state index contributed by atoms with van der Waals surface area (Å²) in [6.45, 7) is 5.66. The lowest BCUT2D eigenvalue weighted by molar-refractivity contribution is -0.135. The van der Waals surface area contributed by atoms with E-state index >= 15 is 0 Å². The van der Waals surface area contributed by atoms with Crippen molar-refractivity contribution in [1.82, 2.24) is 10.6 Å². The predicted molar refractivity (Wildman–Crippen MR) is 77.6 cm³/mol. The van der Waals surface area contributed by atoms with Gasteiger partial charge in [0.2, 0.25) is 5.91 Å². The lowest BCUT2D eigenvalue weighted by Gasteiger charge is -2.24. The third-order valence-electron chi connectivity index (χ3n) is 3.82. The summed E-state index contributed by atoms with van der Waals surface area (Å²) in [4.78, 5) is 11.9. The minimum atomic E-state index is -0.414. The van der Waals surface area contributed by atoms with Crippen molar-refractivity contribution < 1.29 is 14.3 Å². The molecule has 5 nitrogen and oxygen atoms in total. The average molecular weight is 282 g/mol. The molecule has 114 valence electrons. The standard InChI is InChI=1S/C15H26N2O3/c1-12(20-11-14-4-2-3-9-19-14)15(18)17-10-13-5-7-16-8-6-13/h5,12,14,16H,2-4,6-11H2,1H3,(H,17,18). The summed E-state index contributed by atoms with van der Waals surface area (Å²) in [6.07, 6.45) is 6.26. The summed E-state index contributed by atoms with van der Waals surface area (Å²) in [5.74, 6) is -0.0414. The number of carbonyl (C=O) groups excluding carboxylic acids is 1. The first-order valence-electron chi connectivity index (χ1n) is 7.65. The molecule has 0 aromatic carbocycles. The first kappa shape index (κ1) is 15.5. The highest BCUT2D eigenvalue weighted by molar-refractivity contribution is 5.80. The fourth-order valence-electron chi connectivity index (χ4n) is 2.44. The maximum Gasteiger partial charge on any atom is 0.249 e. The van der Waals surface area contributed by atoms with E-state index in [2.05, 4.69) is 16.7 Å². The first-order valence-corrected chi connectivity index (χ1v) is 7.65. The van der Waals surface area contributed by atoms with Gasteiger partial charge >= 0.3 is 0 Å². The van der Waals surface area contributed by atoms with E-state index < -0.39 is 6.10 Å². The number of ether oxygens (including phenoxy) is 2. The van der Waals surface area contributed by atoms with Gasteiger partial charge in [-0.2, -0.15) is 0 Å². The average Bonchev–Trinajstić information content (AvgIpc) is 2.52. The molecule has 2 rings (SSSR count). The number of hydrogen-bond acceptors (Lipinski definition) is 4. The van der Waals surface area contributed by atoms with Crippen LogP contribution in [-0.2, 0) is 14.3 Å². The number of amides is 1. The van der Waals surface area contributed by atoms with Crippen LogP contribution in [-0.4, -0.2) is 51.0 Å². The molecule has 2 aliphatic heterocycles. The Kier molecular flexibility index (Phi) is 6.50. The van der Waals surface area contributed by atoms with Crippen LogP contribution < -0.4 is 10.6 Å². The maximum atomic E-state index is 11.9. The number of rotatable bonds is 6. The molecule has 0 radical (unpaired) electrons. The highest BCUT2D eigenvalue weighted by Gasteiger charge is 2.18. The van der Waals surface area contributed by atoms with Crippen LogP contribution in [0.5, 0.6) is 0 Å². The zero-order valence-corrected chi connectivity index (χ0v) is 12.3. The van der Waals surface area contributed by atoms with Gasteiger partial charge in [0.25, 0.3) is 0 Å². The smallest absolute Gasteiger partial charge is 0.249 e. The van der Waals surface area contributed by atoms with Crippen LogP contribution >= 0.6 is 0 Å². The Balaban J connectivity index is 1.62. The molecule has 0 bridgehead atoms. The molecule has 2 unspecified atom stereocenters. The van der Waals surface area contributed by atoms with Crippen LogP contribution in [0.3, 0.4) is 0 Å². The molecule has 1 amide bonds. The van der Waals surface area contributed by atoms with Crippen molar-refractivity contribution in [3.8, 4) is 0 Å². The van der Waals surface area contributed by atoms with Crippen molar-refractivity contribution >= 4 is 5.91 Å². The summed E-state index contributed by atoms with van der Waals surface area (Å²) in [5.41, 5.74) is 1.29. The molecule has 2 heterocycles. The van der Waals surface area contributed by atoms with Crippen LogP contribution in [0.15, 0.2) is 11.6 Å². The van der Waals surface area contributed by atoms with Crippen molar-refractivity contribution in [2.24, 2.45) is 0 Å². The molecule has 0 saturated carbocycles. The van der Waals surface area contributed by atoms with Gasteiger partial charge in [0.1, 0.15) is 6.10 Å². The Morgan fingerprint density at radius 3 is 3.20 bits per heavy atom. The third-order valence-corrected chi connectivity index (χ3v) is 3.82. The Hall–Kier alpha value is -0.910. The number of carbonyl (C=O) groups is 1. The molecular formula is C15H26N2O3. The highest BCUT2D eigenvalue weighted by atomic mass is 16.5. The van der Waals surface area contributed by atoms with E-state index in [-0.39, 0.29) is 12.0 Å². The Labute approximate surface area is 121 Å². The van der Waals surface area contributed by atoms with Crippen LogP contribution in [0.25, 0.3) is 0 Å². The monoisotopic (exact) mass is 282 g/mol. The minimum Gasteiger partial charge on any atom is -0.376 e. The van der Waals surface area contributed by atoms with Crippen molar-refractivity contribution in [3.05, 3.63) is 11.6 Å². The molecule has 0 aromatic heterocycles. The molecule has 2 atom stereocenters. The van der Waals surface area contributed by atoms with E-state index in [0.717, 1.165) is 39.0 Å². The van der Waals surface area contributed by atoms with Gasteiger partial charge in [0.15, 0.2) is 0 Å². The topological polar surface area (TPSA) is 59.6 Å². The molecule has 1 saturated heterocycles. The molecule has 20 heavy (non-hydrogen) atoms. The van der Waals surface area contributed by atoms with Crippen molar-refractivity contribution in [3.63, 3.8) is 0 Å². The fraction of sp³-hybridized carbons (Fsp3) is 0.800. The molecule has 2 aliphatic rings. The van der Waals surface area contributed by atoms with Gasteiger partial charge in [-0.25, -0.2) is 0 Å². The van der Waals surface area contributed by atoms with E-state index in [1.807, 2.05) is 0 Å². The number of hydrogen-bond donors (Lipinski definition) is 2. The van der Waals surface area contributed by atoms with E-state index in [0.29, 0.717) is 13.2 Å².